The molecule has 0 heterocycles. The minimum atomic E-state index is -3.16. The third kappa shape index (κ3) is 5.86. The average Bonchev–Trinajstić information content (AvgIpc) is 2.57. The Hall–Kier alpha value is -1.86. The van der Waals surface area contributed by atoms with Crippen LogP contribution in [0.5, 0.6) is 0 Å². The van der Waals surface area contributed by atoms with Gasteiger partial charge in [-0.2, -0.15) is 0 Å². The monoisotopic (exact) mass is 423 g/mol. The normalized spacial score (nSPS) is 12.1. The third-order valence-electron chi connectivity index (χ3n) is 3.71. The molecule has 1 N–H and O–H groups in total. The van der Waals surface area contributed by atoms with Crippen LogP contribution in [0, 0.1) is 0 Å². The summed E-state index contributed by atoms with van der Waals surface area (Å²) in [6.45, 7) is 1.31. The highest BCUT2D eigenvalue weighted by molar-refractivity contribution is 9.10. The Kier molecular flexibility index (Phi) is 6.61. The first-order chi connectivity index (χ1) is 11.8. The van der Waals surface area contributed by atoms with Crippen LogP contribution in [0.4, 0.5) is 0 Å². The smallest absolute Gasteiger partial charge is 0.193 e. The van der Waals surface area contributed by atoms with Crippen molar-refractivity contribution in [3.63, 3.8) is 0 Å². The summed E-state index contributed by atoms with van der Waals surface area (Å²) < 4.78 is 24.0. The van der Waals surface area contributed by atoms with Crippen LogP contribution < -0.4 is 5.32 Å². The van der Waals surface area contributed by atoms with Gasteiger partial charge < -0.3 is 10.2 Å². The predicted octanol–water partition coefficient (Wildman–Crippen LogP) is 3.06. The maximum atomic E-state index is 11.5. The summed E-state index contributed by atoms with van der Waals surface area (Å²) in [6.07, 6.45) is 1.21. The lowest BCUT2D eigenvalue weighted by Gasteiger charge is -2.22. The Balaban J connectivity index is 1.96. The lowest BCUT2D eigenvalue weighted by Crippen LogP contribution is -2.38. The number of benzene rings is 2. The van der Waals surface area contributed by atoms with Crippen LogP contribution >= 0.6 is 15.9 Å². The SMILES string of the molecule is CN=C(NCc1ccc(S(C)(=O)=O)cc1)N(C)Cc1ccc(Br)cc1. The van der Waals surface area contributed by atoms with Gasteiger partial charge in [-0.15, -0.1) is 0 Å². The molecule has 2 aromatic rings. The van der Waals surface area contributed by atoms with E-state index in [1.165, 1.54) is 11.8 Å². The van der Waals surface area contributed by atoms with Gasteiger partial charge in [0.1, 0.15) is 0 Å². The van der Waals surface area contributed by atoms with Crippen LogP contribution in [0.2, 0.25) is 0 Å². The van der Waals surface area contributed by atoms with Crippen molar-refractivity contribution in [2.75, 3.05) is 20.4 Å². The predicted molar refractivity (Wildman–Crippen MR) is 105 cm³/mol. The number of hydrogen-bond acceptors (Lipinski definition) is 3. The zero-order chi connectivity index (χ0) is 18.4. The Bertz CT molecular complexity index is 832. The van der Waals surface area contributed by atoms with Crippen molar-refractivity contribution in [1.82, 2.24) is 10.2 Å². The largest absolute Gasteiger partial charge is 0.352 e. The molecule has 0 saturated carbocycles. The van der Waals surface area contributed by atoms with Crippen LogP contribution in [0.3, 0.4) is 0 Å². The van der Waals surface area contributed by atoms with E-state index in [-0.39, 0.29) is 0 Å². The molecule has 134 valence electrons. The maximum absolute atomic E-state index is 11.5. The van der Waals surface area contributed by atoms with E-state index in [1.54, 1.807) is 19.2 Å². The minimum Gasteiger partial charge on any atom is -0.352 e. The van der Waals surface area contributed by atoms with Gasteiger partial charge in [0.15, 0.2) is 15.8 Å². The number of guanidine groups is 1. The number of nitrogens with zero attached hydrogens (tertiary/aromatic N) is 2. The quantitative estimate of drug-likeness (QED) is 0.592. The zero-order valence-corrected chi connectivity index (χ0v) is 16.9. The van der Waals surface area contributed by atoms with Gasteiger partial charge in [0.2, 0.25) is 0 Å². The molecule has 0 aliphatic heterocycles. The van der Waals surface area contributed by atoms with Crippen molar-refractivity contribution in [3.05, 3.63) is 64.1 Å². The van der Waals surface area contributed by atoms with Gasteiger partial charge >= 0.3 is 0 Å². The molecule has 0 saturated heterocycles. The van der Waals surface area contributed by atoms with E-state index >= 15 is 0 Å². The zero-order valence-electron chi connectivity index (χ0n) is 14.5. The summed E-state index contributed by atoms with van der Waals surface area (Å²) in [5.41, 5.74) is 2.18. The van der Waals surface area contributed by atoms with E-state index in [9.17, 15) is 8.42 Å². The number of nitrogens with one attached hydrogen (secondary N) is 1. The first-order valence-corrected chi connectivity index (χ1v) is 10.4. The number of halogens is 1. The van der Waals surface area contributed by atoms with E-state index in [4.69, 9.17) is 0 Å². The van der Waals surface area contributed by atoms with Gasteiger partial charge in [-0.25, -0.2) is 8.42 Å². The van der Waals surface area contributed by atoms with Gasteiger partial charge in [-0.1, -0.05) is 40.2 Å². The van der Waals surface area contributed by atoms with E-state index in [1.807, 2.05) is 36.2 Å². The van der Waals surface area contributed by atoms with Gasteiger partial charge in [0.25, 0.3) is 0 Å². The average molecular weight is 424 g/mol. The molecule has 0 unspecified atom stereocenters. The Morgan fingerprint density at radius 3 is 2.16 bits per heavy atom. The van der Waals surface area contributed by atoms with Crippen LogP contribution in [0.1, 0.15) is 11.1 Å². The van der Waals surface area contributed by atoms with Crippen molar-refractivity contribution in [2.24, 2.45) is 4.99 Å². The first-order valence-electron chi connectivity index (χ1n) is 7.75. The summed E-state index contributed by atoms with van der Waals surface area (Å²) in [7, 11) is 0.557. The van der Waals surface area contributed by atoms with Crippen LogP contribution in [-0.4, -0.2) is 39.6 Å². The van der Waals surface area contributed by atoms with E-state index in [0.717, 1.165) is 22.5 Å². The molecule has 0 spiro atoms. The Morgan fingerprint density at radius 2 is 1.64 bits per heavy atom. The molecule has 0 aromatic heterocycles. The molecule has 0 atom stereocenters. The highest BCUT2D eigenvalue weighted by Crippen LogP contribution is 2.12. The van der Waals surface area contributed by atoms with Gasteiger partial charge in [-0.05, 0) is 35.4 Å². The van der Waals surface area contributed by atoms with E-state index < -0.39 is 9.84 Å². The minimum absolute atomic E-state index is 0.327. The van der Waals surface area contributed by atoms with E-state index in [0.29, 0.717) is 11.4 Å². The first kappa shape index (κ1) is 19.5. The molecule has 0 aliphatic rings. The summed E-state index contributed by atoms with van der Waals surface area (Å²) in [5.74, 6) is 0.773. The van der Waals surface area contributed by atoms with Crippen molar-refractivity contribution >= 4 is 31.7 Å². The summed E-state index contributed by atoms with van der Waals surface area (Å²) in [6, 6.07) is 15.0. The fourth-order valence-corrected chi connectivity index (χ4v) is 3.25. The molecule has 0 radical (unpaired) electrons. The standard InChI is InChI=1S/C18H22BrN3O2S/c1-20-18(22(2)13-15-4-8-16(19)9-5-15)21-12-14-6-10-17(11-7-14)25(3,23)24/h4-11H,12-13H2,1-3H3,(H,20,21). The van der Waals surface area contributed by atoms with Crippen molar-refractivity contribution in [1.29, 1.82) is 0 Å². The van der Waals surface area contributed by atoms with Crippen molar-refractivity contribution < 1.29 is 8.42 Å². The molecule has 25 heavy (non-hydrogen) atoms. The number of hydrogen-bond donors (Lipinski definition) is 1. The van der Waals surface area contributed by atoms with Gasteiger partial charge in [0, 0.05) is 37.9 Å². The lowest BCUT2D eigenvalue weighted by molar-refractivity contribution is 0.476. The summed E-state index contributed by atoms with van der Waals surface area (Å²) in [5, 5.41) is 3.29. The molecule has 2 aromatic carbocycles. The third-order valence-corrected chi connectivity index (χ3v) is 5.37. The number of sulfone groups is 1. The molecule has 0 bridgehead atoms. The molecule has 0 amide bonds. The second kappa shape index (κ2) is 8.49. The second-order valence-corrected chi connectivity index (χ2v) is 8.73. The molecule has 7 heteroatoms. The Labute approximate surface area is 157 Å². The van der Waals surface area contributed by atoms with Crippen molar-refractivity contribution in [3.8, 4) is 0 Å². The van der Waals surface area contributed by atoms with Crippen LogP contribution in [-0.2, 0) is 22.9 Å². The highest BCUT2D eigenvalue weighted by Gasteiger charge is 2.08. The molecular weight excluding hydrogens is 402 g/mol. The fourth-order valence-electron chi connectivity index (χ4n) is 2.36. The molecule has 2 rings (SSSR count). The van der Waals surface area contributed by atoms with Crippen LogP contribution in [0.25, 0.3) is 0 Å². The van der Waals surface area contributed by atoms with Crippen molar-refractivity contribution in [2.45, 2.75) is 18.0 Å². The van der Waals surface area contributed by atoms with Gasteiger partial charge in [0.05, 0.1) is 4.90 Å². The highest BCUT2D eigenvalue weighted by atomic mass is 79.9. The molecule has 5 nitrogen and oxygen atoms in total. The summed E-state index contributed by atoms with van der Waals surface area (Å²) in [4.78, 5) is 6.66. The topological polar surface area (TPSA) is 61.8 Å². The maximum Gasteiger partial charge on any atom is 0.193 e. The molecular formula is C18H22BrN3O2S. The second-order valence-electron chi connectivity index (χ2n) is 5.80. The fraction of sp³-hybridized carbons (Fsp3) is 0.278. The molecule has 0 fully saturated rings. The lowest BCUT2D eigenvalue weighted by atomic mass is 10.2. The number of aliphatic imine (C=N–C) groups is 1. The van der Waals surface area contributed by atoms with Gasteiger partial charge in [-0.3, -0.25) is 4.99 Å². The molecule has 0 aliphatic carbocycles. The van der Waals surface area contributed by atoms with E-state index in [2.05, 4.69) is 38.4 Å². The number of rotatable bonds is 5. The van der Waals surface area contributed by atoms with Crippen LogP contribution in [0.15, 0.2) is 62.9 Å². The summed E-state index contributed by atoms with van der Waals surface area (Å²) >= 11 is 3.43. The Morgan fingerprint density at radius 1 is 1.08 bits per heavy atom.